The third kappa shape index (κ3) is 4.89. The first-order valence-electron chi connectivity index (χ1n) is 9.28. The van der Waals surface area contributed by atoms with Gasteiger partial charge in [-0.05, 0) is 38.2 Å². The molecule has 2 aromatic heterocycles. The van der Waals surface area contributed by atoms with Crippen molar-refractivity contribution in [2.75, 3.05) is 13.2 Å². The molecule has 0 saturated carbocycles. The highest BCUT2D eigenvalue weighted by Crippen LogP contribution is 2.30. The zero-order valence-electron chi connectivity index (χ0n) is 15.4. The van der Waals surface area contributed by atoms with E-state index >= 15 is 0 Å². The maximum atomic E-state index is 5.61. The summed E-state index contributed by atoms with van der Waals surface area (Å²) < 4.78 is 13.1. The summed E-state index contributed by atoms with van der Waals surface area (Å²) in [6.45, 7) is 8.86. The molecule has 138 valence electrons. The van der Waals surface area contributed by atoms with Gasteiger partial charge < -0.3 is 14.6 Å². The summed E-state index contributed by atoms with van der Waals surface area (Å²) in [5.74, 6) is 2.21. The predicted octanol–water partition coefficient (Wildman–Crippen LogP) is 2.93. The Kier molecular flexibility index (Phi) is 6.20. The highest BCUT2D eigenvalue weighted by molar-refractivity contribution is 4.99. The van der Waals surface area contributed by atoms with Crippen LogP contribution in [0, 0.1) is 5.92 Å². The minimum atomic E-state index is 0.0801. The highest BCUT2D eigenvalue weighted by atomic mass is 16.5. The fraction of sp³-hybridized carbons (Fsp3) is 0.722. The maximum absolute atomic E-state index is 5.61. The van der Waals surface area contributed by atoms with E-state index in [1.165, 1.54) is 0 Å². The van der Waals surface area contributed by atoms with E-state index in [2.05, 4.69) is 41.3 Å². The summed E-state index contributed by atoms with van der Waals surface area (Å²) in [6.07, 6.45) is 6.84. The lowest BCUT2D eigenvalue weighted by Gasteiger charge is -2.31. The number of rotatable bonds is 8. The second-order valence-corrected chi connectivity index (χ2v) is 7.20. The van der Waals surface area contributed by atoms with E-state index in [0.29, 0.717) is 17.9 Å². The van der Waals surface area contributed by atoms with Gasteiger partial charge in [-0.15, -0.1) is 0 Å². The van der Waals surface area contributed by atoms with Crippen molar-refractivity contribution in [3.8, 4) is 0 Å². The first-order chi connectivity index (χ1) is 12.1. The van der Waals surface area contributed by atoms with Gasteiger partial charge in [-0.1, -0.05) is 19.0 Å². The van der Waals surface area contributed by atoms with Gasteiger partial charge in [0.2, 0.25) is 5.89 Å². The van der Waals surface area contributed by atoms with Crippen molar-refractivity contribution in [3.05, 3.63) is 30.2 Å². The fourth-order valence-corrected chi connectivity index (χ4v) is 3.21. The fourth-order valence-electron chi connectivity index (χ4n) is 3.21. The van der Waals surface area contributed by atoms with Crippen molar-refractivity contribution < 1.29 is 9.26 Å². The van der Waals surface area contributed by atoms with E-state index in [0.717, 1.165) is 44.8 Å². The number of aryl methyl sites for hydroxylation is 1. The first kappa shape index (κ1) is 18.1. The van der Waals surface area contributed by atoms with Crippen LogP contribution in [0.15, 0.2) is 23.0 Å². The lowest BCUT2D eigenvalue weighted by molar-refractivity contribution is 0.0468. The number of ether oxygens (including phenoxy) is 1. The molecule has 0 spiro atoms. The summed E-state index contributed by atoms with van der Waals surface area (Å²) in [6, 6.07) is 2.36. The molecule has 3 rings (SSSR count). The maximum Gasteiger partial charge on any atom is 0.244 e. The molecule has 2 atom stereocenters. The van der Waals surface area contributed by atoms with Crippen molar-refractivity contribution >= 4 is 0 Å². The molecule has 0 amide bonds. The average molecular weight is 347 g/mol. The SMILES string of the molecule is CC(C)c1noc([C@H](N[C@H](C)CCn2cccn2)C2CCOCC2)n1. The van der Waals surface area contributed by atoms with Crippen LogP contribution in [-0.4, -0.2) is 39.2 Å². The molecular formula is C18H29N5O2. The monoisotopic (exact) mass is 347 g/mol. The van der Waals surface area contributed by atoms with Crippen molar-refractivity contribution in [3.63, 3.8) is 0 Å². The molecule has 1 saturated heterocycles. The van der Waals surface area contributed by atoms with Crippen LogP contribution in [0.4, 0.5) is 0 Å². The van der Waals surface area contributed by atoms with Crippen molar-refractivity contribution in [1.82, 2.24) is 25.2 Å². The average Bonchev–Trinajstić information content (AvgIpc) is 3.30. The molecule has 1 N–H and O–H groups in total. The van der Waals surface area contributed by atoms with Crippen LogP contribution in [0.2, 0.25) is 0 Å². The Hall–Kier alpha value is -1.73. The van der Waals surface area contributed by atoms with E-state index in [1.807, 2.05) is 23.1 Å². The Labute approximate surface area is 149 Å². The second-order valence-electron chi connectivity index (χ2n) is 7.20. The molecule has 0 unspecified atom stereocenters. The molecule has 1 fully saturated rings. The molecule has 1 aliphatic rings. The van der Waals surface area contributed by atoms with E-state index in [9.17, 15) is 0 Å². The van der Waals surface area contributed by atoms with Gasteiger partial charge in [-0.2, -0.15) is 10.1 Å². The van der Waals surface area contributed by atoms with Gasteiger partial charge in [0.15, 0.2) is 5.82 Å². The quantitative estimate of drug-likeness (QED) is 0.791. The Balaban J connectivity index is 1.66. The largest absolute Gasteiger partial charge is 0.381 e. The lowest BCUT2D eigenvalue weighted by atomic mass is 9.91. The van der Waals surface area contributed by atoms with Crippen molar-refractivity contribution in [1.29, 1.82) is 0 Å². The second kappa shape index (κ2) is 8.58. The van der Waals surface area contributed by atoms with Gasteiger partial charge >= 0.3 is 0 Å². The summed E-state index contributed by atoms with van der Waals surface area (Å²) in [5.41, 5.74) is 0. The standard InChI is InChI=1S/C18H29N5O2/c1-13(2)17-21-18(25-22-17)16(15-6-11-24-12-7-15)20-14(3)5-10-23-9-4-8-19-23/h4,8-9,13-16,20H,5-7,10-12H2,1-3H3/t14-,16-/m1/s1. The van der Waals surface area contributed by atoms with Crippen LogP contribution >= 0.6 is 0 Å². The summed E-state index contributed by atoms with van der Waals surface area (Å²) in [5, 5.41) is 12.1. The molecule has 0 aromatic carbocycles. The lowest BCUT2D eigenvalue weighted by Crippen LogP contribution is -2.38. The normalized spacial score (nSPS) is 18.6. The van der Waals surface area contributed by atoms with Crippen molar-refractivity contribution in [2.24, 2.45) is 5.92 Å². The van der Waals surface area contributed by atoms with Crippen LogP contribution in [0.1, 0.15) is 63.7 Å². The zero-order valence-corrected chi connectivity index (χ0v) is 15.4. The Morgan fingerprint density at radius 1 is 1.28 bits per heavy atom. The van der Waals surface area contributed by atoms with Gasteiger partial charge in [0.25, 0.3) is 0 Å². The minimum absolute atomic E-state index is 0.0801. The van der Waals surface area contributed by atoms with Gasteiger partial charge in [0.05, 0.1) is 6.04 Å². The minimum Gasteiger partial charge on any atom is -0.381 e. The molecule has 2 aromatic rings. The molecular weight excluding hydrogens is 318 g/mol. The van der Waals surface area contributed by atoms with E-state index < -0.39 is 0 Å². The van der Waals surface area contributed by atoms with Gasteiger partial charge in [0, 0.05) is 44.1 Å². The van der Waals surface area contributed by atoms with E-state index in [4.69, 9.17) is 9.26 Å². The molecule has 0 radical (unpaired) electrons. The van der Waals surface area contributed by atoms with E-state index in [1.54, 1.807) is 0 Å². The summed E-state index contributed by atoms with van der Waals surface area (Å²) in [7, 11) is 0. The number of hydrogen-bond donors (Lipinski definition) is 1. The van der Waals surface area contributed by atoms with Crippen LogP contribution < -0.4 is 5.32 Å². The zero-order chi connectivity index (χ0) is 17.6. The number of nitrogens with one attached hydrogen (secondary N) is 1. The number of nitrogens with zero attached hydrogens (tertiary/aromatic N) is 4. The topological polar surface area (TPSA) is 78.0 Å². The molecule has 0 aliphatic carbocycles. The predicted molar refractivity (Wildman–Crippen MR) is 94.1 cm³/mol. The number of aromatic nitrogens is 4. The van der Waals surface area contributed by atoms with Gasteiger partial charge in [0.1, 0.15) is 0 Å². The Bertz CT molecular complexity index is 619. The van der Waals surface area contributed by atoms with Crippen LogP contribution in [0.25, 0.3) is 0 Å². The first-order valence-corrected chi connectivity index (χ1v) is 9.28. The van der Waals surface area contributed by atoms with E-state index in [-0.39, 0.29) is 12.0 Å². The summed E-state index contributed by atoms with van der Waals surface area (Å²) >= 11 is 0. The van der Waals surface area contributed by atoms with Crippen molar-refractivity contribution in [2.45, 2.75) is 64.6 Å². The van der Waals surface area contributed by atoms with Crippen LogP contribution in [-0.2, 0) is 11.3 Å². The molecule has 3 heterocycles. The smallest absolute Gasteiger partial charge is 0.244 e. The third-order valence-electron chi connectivity index (χ3n) is 4.79. The Morgan fingerprint density at radius 2 is 2.08 bits per heavy atom. The molecule has 0 bridgehead atoms. The van der Waals surface area contributed by atoms with Crippen LogP contribution in [0.3, 0.4) is 0 Å². The molecule has 7 nitrogen and oxygen atoms in total. The summed E-state index contributed by atoms with van der Waals surface area (Å²) in [4.78, 5) is 4.65. The van der Waals surface area contributed by atoms with Crippen LogP contribution in [0.5, 0.6) is 0 Å². The third-order valence-corrected chi connectivity index (χ3v) is 4.79. The highest BCUT2D eigenvalue weighted by Gasteiger charge is 2.31. The molecule has 7 heteroatoms. The molecule has 1 aliphatic heterocycles. The van der Waals surface area contributed by atoms with Gasteiger partial charge in [-0.25, -0.2) is 0 Å². The number of hydrogen-bond acceptors (Lipinski definition) is 6. The Morgan fingerprint density at radius 3 is 2.72 bits per heavy atom. The van der Waals surface area contributed by atoms with Gasteiger partial charge in [-0.3, -0.25) is 4.68 Å². The molecule has 25 heavy (non-hydrogen) atoms.